The first-order valence-electron chi connectivity index (χ1n) is 7.64. The molecule has 0 aromatic carbocycles. The molecule has 1 aliphatic rings. The molecule has 0 saturated carbocycles. The van der Waals surface area contributed by atoms with Gasteiger partial charge in [0.1, 0.15) is 5.60 Å². The van der Waals surface area contributed by atoms with Crippen LogP contribution in [-0.2, 0) is 11.3 Å². The Balaban J connectivity index is 1.83. The summed E-state index contributed by atoms with van der Waals surface area (Å²) < 4.78 is 7.33. The molecule has 2 rings (SSSR count). The Kier molecular flexibility index (Phi) is 4.75. The van der Waals surface area contributed by atoms with Crippen molar-refractivity contribution in [3.8, 4) is 0 Å². The van der Waals surface area contributed by atoms with Crippen molar-refractivity contribution in [2.24, 2.45) is 0 Å². The number of nitrogens with one attached hydrogen (secondary N) is 1. The van der Waals surface area contributed by atoms with Crippen LogP contribution in [-0.4, -0.2) is 45.5 Å². The zero-order valence-electron chi connectivity index (χ0n) is 13.4. The van der Waals surface area contributed by atoms with E-state index in [0.29, 0.717) is 6.54 Å². The van der Waals surface area contributed by atoms with Crippen molar-refractivity contribution in [2.45, 2.75) is 58.7 Å². The van der Waals surface area contributed by atoms with Crippen molar-refractivity contribution in [1.82, 2.24) is 14.7 Å². The average molecular weight is 294 g/mol. The fourth-order valence-corrected chi connectivity index (χ4v) is 2.40. The second kappa shape index (κ2) is 6.37. The van der Waals surface area contributed by atoms with Crippen molar-refractivity contribution in [3.63, 3.8) is 0 Å². The summed E-state index contributed by atoms with van der Waals surface area (Å²) in [6.07, 6.45) is 5.62. The molecule has 1 atom stereocenters. The molecule has 0 radical (unpaired) electrons. The molecule has 118 valence electrons. The summed E-state index contributed by atoms with van der Waals surface area (Å²) in [7, 11) is 0. The van der Waals surface area contributed by atoms with Gasteiger partial charge in [-0.15, -0.1) is 0 Å². The maximum atomic E-state index is 12.0. The van der Waals surface area contributed by atoms with Crippen molar-refractivity contribution in [2.75, 3.05) is 18.4 Å². The highest BCUT2D eigenvalue weighted by atomic mass is 16.6. The third kappa shape index (κ3) is 4.65. The number of anilines is 1. The Hall–Kier alpha value is -1.72. The van der Waals surface area contributed by atoms with E-state index in [1.807, 2.05) is 37.8 Å². The van der Waals surface area contributed by atoms with Gasteiger partial charge in [0.05, 0.1) is 11.9 Å². The largest absolute Gasteiger partial charge is 0.444 e. The van der Waals surface area contributed by atoms with E-state index in [4.69, 9.17) is 4.74 Å². The van der Waals surface area contributed by atoms with E-state index < -0.39 is 5.60 Å². The van der Waals surface area contributed by atoms with Gasteiger partial charge in [0.25, 0.3) is 0 Å². The molecule has 21 heavy (non-hydrogen) atoms. The van der Waals surface area contributed by atoms with Gasteiger partial charge in [0.2, 0.25) is 0 Å². The topological polar surface area (TPSA) is 59.4 Å². The van der Waals surface area contributed by atoms with E-state index >= 15 is 0 Å². The summed E-state index contributed by atoms with van der Waals surface area (Å²) in [5.74, 6) is 0. The molecular formula is C15H26N4O2. The molecule has 0 unspecified atom stereocenters. The van der Waals surface area contributed by atoms with Gasteiger partial charge < -0.3 is 15.0 Å². The number of carbonyl (C=O) groups is 1. The minimum absolute atomic E-state index is 0.228. The van der Waals surface area contributed by atoms with Crippen LogP contribution in [0.2, 0.25) is 0 Å². The summed E-state index contributed by atoms with van der Waals surface area (Å²) in [6, 6.07) is 0.261. The maximum Gasteiger partial charge on any atom is 0.410 e. The van der Waals surface area contributed by atoms with Gasteiger partial charge in [-0.3, -0.25) is 4.68 Å². The number of rotatable bonds is 4. The van der Waals surface area contributed by atoms with Crippen LogP contribution in [0, 0.1) is 0 Å². The Bertz CT molecular complexity index is 478. The first-order chi connectivity index (χ1) is 9.87. The number of carbonyl (C=O) groups excluding carboxylic acids is 1. The molecule has 2 heterocycles. The Labute approximate surface area is 126 Å². The van der Waals surface area contributed by atoms with E-state index in [2.05, 4.69) is 17.3 Å². The second-order valence-corrected chi connectivity index (χ2v) is 6.55. The lowest BCUT2D eigenvalue weighted by atomic mass is 10.2. The lowest BCUT2D eigenvalue weighted by Gasteiger charge is -2.24. The molecule has 6 heteroatoms. The highest BCUT2D eigenvalue weighted by Crippen LogP contribution is 2.18. The Morgan fingerprint density at radius 2 is 2.29 bits per heavy atom. The number of likely N-dealkylation sites (tertiary alicyclic amines) is 1. The van der Waals surface area contributed by atoms with E-state index in [0.717, 1.165) is 31.6 Å². The number of hydrogen-bond donors (Lipinski definition) is 1. The standard InChI is InChI=1S/C15H26N4O2/c1-5-7-19-11-13(9-16-19)17-12-6-8-18(10-12)14(20)21-15(2,3)4/h9,11-12,17H,5-8,10H2,1-4H3/t12-/m0/s1. The zero-order chi connectivity index (χ0) is 15.5. The van der Waals surface area contributed by atoms with Crippen molar-refractivity contribution < 1.29 is 9.53 Å². The van der Waals surface area contributed by atoms with Gasteiger partial charge in [-0.1, -0.05) is 6.92 Å². The Morgan fingerprint density at radius 1 is 1.52 bits per heavy atom. The van der Waals surface area contributed by atoms with Crippen LogP contribution >= 0.6 is 0 Å². The number of aromatic nitrogens is 2. The molecular weight excluding hydrogens is 268 g/mol. The fourth-order valence-electron chi connectivity index (χ4n) is 2.40. The molecule has 0 bridgehead atoms. The third-order valence-electron chi connectivity index (χ3n) is 3.30. The van der Waals surface area contributed by atoms with Gasteiger partial charge in [0, 0.05) is 31.9 Å². The number of nitrogens with zero attached hydrogens (tertiary/aromatic N) is 3. The van der Waals surface area contributed by atoms with E-state index in [9.17, 15) is 4.79 Å². The molecule has 1 aromatic rings. The van der Waals surface area contributed by atoms with Crippen molar-refractivity contribution in [3.05, 3.63) is 12.4 Å². The predicted molar refractivity (Wildman–Crippen MR) is 82.4 cm³/mol. The summed E-state index contributed by atoms with van der Waals surface area (Å²) in [4.78, 5) is 13.8. The van der Waals surface area contributed by atoms with E-state index in [-0.39, 0.29) is 12.1 Å². The summed E-state index contributed by atoms with van der Waals surface area (Å²) >= 11 is 0. The Morgan fingerprint density at radius 3 is 2.95 bits per heavy atom. The molecule has 1 N–H and O–H groups in total. The second-order valence-electron chi connectivity index (χ2n) is 6.55. The summed E-state index contributed by atoms with van der Waals surface area (Å²) in [6.45, 7) is 10.1. The summed E-state index contributed by atoms with van der Waals surface area (Å²) in [5, 5.41) is 7.73. The number of hydrogen-bond acceptors (Lipinski definition) is 4. The first-order valence-corrected chi connectivity index (χ1v) is 7.64. The van der Waals surface area contributed by atoms with Crippen molar-refractivity contribution in [1.29, 1.82) is 0 Å². The quantitative estimate of drug-likeness (QED) is 0.927. The fraction of sp³-hybridized carbons (Fsp3) is 0.733. The average Bonchev–Trinajstić information content (AvgIpc) is 2.98. The molecule has 0 aliphatic carbocycles. The molecule has 0 spiro atoms. The van der Waals surface area contributed by atoms with Crippen LogP contribution in [0.1, 0.15) is 40.5 Å². The molecule has 6 nitrogen and oxygen atoms in total. The van der Waals surface area contributed by atoms with Gasteiger partial charge in [-0.2, -0.15) is 5.10 Å². The molecule has 1 amide bonds. The summed E-state index contributed by atoms with van der Waals surface area (Å²) in [5.41, 5.74) is 0.573. The van der Waals surface area contributed by atoms with Crippen LogP contribution in [0.3, 0.4) is 0 Å². The van der Waals surface area contributed by atoms with E-state index in [1.165, 1.54) is 0 Å². The lowest BCUT2D eigenvalue weighted by molar-refractivity contribution is 0.0293. The predicted octanol–water partition coefficient (Wildman–Crippen LogP) is 2.71. The van der Waals surface area contributed by atoms with Crippen LogP contribution < -0.4 is 5.32 Å². The molecule has 1 aliphatic heterocycles. The highest BCUT2D eigenvalue weighted by Gasteiger charge is 2.29. The van der Waals surface area contributed by atoms with E-state index in [1.54, 1.807) is 4.90 Å². The minimum atomic E-state index is -0.441. The minimum Gasteiger partial charge on any atom is -0.444 e. The maximum absolute atomic E-state index is 12.0. The molecule has 1 fully saturated rings. The molecule has 1 saturated heterocycles. The highest BCUT2D eigenvalue weighted by molar-refractivity contribution is 5.68. The number of amides is 1. The SMILES string of the molecule is CCCn1cc(N[C@H]2CCN(C(=O)OC(C)(C)C)C2)cn1. The van der Waals surface area contributed by atoms with Crippen LogP contribution in [0.15, 0.2) is 12.4 Å². The van der Waals surface area contributed by atoms with Gasteiger partial charge in [0.15, 0.2) is 0 Å². The number of aryl methyl sites for hydroxylation is 1. The van der Waals surface area contributed by atoms with Crippen LogP contribution in [0.5, 0.6) is 0 Å². The first kappa shape index (κ1) is 15.7. The zero-order valence-corrected chi connectivity index (χ0v) is 13.4. The van der Waals surface area contributed by atoms with Gasteiger partial charge >= 0.3 is 6.09 Å². The van der Waals surface area contributed by atoms with Crippen LogP contribution in [0.25, 0.3) is 0 Å². The lowest BCUT2D eigenvalue weighted by Crippen LogP contribution is -2.36. The van der Waals surface area contributed by atoms with Gasteiger partial charge in [-0.25, -0.2) is 4.79 Å². The molecule has 1 aromatic heterocycles. The van der Waals surface area contributed by atoms with Crippen LogP contribution in [0.4, 0.5) is 10.5 Å². The smallest absolute Gasteiger partial charge is 0.410 e. The third-order valence-corrected chi connectivity index (χ3v) is 3.30. The number of ether oxygens (including phenoxy) is 1. The van der Waals surface area contributed by atoms with Gasteiger partial charge in [-0.05, 0) is 33.6 Å². The van der Waals surface area contributed by atoms with Crippen molar-refractivity contribution >= 4 is 11.8 Å². The normalized spacial score (nSPS) is 18.9. The monoisotopic (exact) mass is 294 g/mol.